The molecular formula is C12H9BrClNO. The van der Waals surface area contributed by atoms with Crippen LogP contribution in [-0.4, -0.2) is 4.57 Å². The monoisotopic (exact) mass is 297 g/mol. The van der Waals surface area contributed by atoms with Crippen LogP contribution >= 0.6 is 27.5 Å². The van der Waals surface area contributed by atoms with Crippen LogP contribution in [0.25, 0.3) is 5.69 Å². The van der Waals surface area contributed by atoms with E-state index in [9.17, 15) is 4.79 Å². The molecule has 0 radical (unpaired) electrons. The summed E-state index contributed by atoms with van der Waals surface area (Å²) in [5.41, 5.74) is 1.90. The molecule has 0 atom stereocenters. The molecule has 0 unspecified atom stereocenters. The molecule has 0 aliphatic carbocycles. The topological polar surface area (TPSA) is 22.0 Å². The number of halogens is 2. The van der Waals surface area contributed by atoms with E-state index in [4.69, 9.17) is 11.6 Å². The Kier molecular flexibility index (Phi) is 3.46. The minimum Gasteiger partial charge on any atom is -0.283 e. The number of hydrogen-bond acceptors (Lipinski definition) is 1. The molecule has 0 spiro atoms. The van der Waals surface area contributed by atoms with Gasteiger partial charge in [0, 0.05) is 23.3 Å². The highest BCUT2D eigenvalue weighted by Gasteiger charge is 2.00. The highest BCUT2D eigenvalue weighted by Crippen LogP contribution is 2.12. The lowest BCUT2D eigenvalue weighted by Gasteiger charge is -2.06. The zero-order valence-electron chi connectivity index (χ0n) is 8.36. The molecule has 0 bridgehead atoms. The van der Waals surface area contributed by atoms with Gasteiger partial charge >= 0.3 is 0 Å². The fourth-order valence-corrected chi connectivity index (χ4v) is 1.94. The average molecular weight is 299 g/mol. The molecule has 4 heteroatoms. The minimum absolute atomic E-state index is 0.0870. The smallest absolute Gasteiger partial charge is 0.255 e. The molecule has 16 heavy (non-hydrogen) atoms. The van der Waals surface area contributed by atoms with Gasteiger partial charge in [0.05, 0.1) is 5.02 Å². The van der Waals surface area contributed by atoms with Gasteiger partial charge < -0.3 is 0 Å². The van der Waals surface area contributed by atoms with Crippen molar-refractivity contribution in [1.29, 1.82) is 0 Å². The van der Waals surface area contributed by atoms with E-state index >= 15 is 0 Å². The summed E-state index contributed by atoms with van der Waals surface area (Å²) >= 11 is 9.23. The summed E-state index contributed by atoms with van der Waals surface area (Å²) in [5.74, 6) is 0. The number of pyridine rings is 1. The van der Waals surface area contributed by atoms with Gasteiger partial charge in [-0.25, -0.2) is 0 Å². The molecule has 1 heterocycles. The first-order valence-corrected chi connectivity index (χ1v) is 6.24. The second-order valence-electron chi connectivity index (χ2n) is 3.36. The standard InChI is InChI=1S/C12H9BrClNO/c13-7-9-1-4-11(5-2-9)15-8-10(14)3-6-12(15)16/h1-6,8H,7H2. The van der Waals surface area contributed by atoms with Gasteiger partial charge in [-0.3, -0.25) is 9.36 Å². The molecule has 0 aliphatic heterocycles. The summed E-state index contributed by atoms with van der Waals surface area (Å²) in [4.78, 5) is 11.6. The van der Waals surface area contributed by atoms with Crippen LogP contribution in [0, 0.1) is 0 Å². The molecule has 0 fully saturated rings. The van der Waals surface area contributed by atoms with Crippen molar-refractivity contribution < 1.29 is 0 Å². The maximum absolute atomic E-state index is 11.6. The zero-order valence-corrected chi connectivity index (χ0v) is 10.7. The van der Waals surface area contributed by atoms with Crippen LogP contribution < -0.4 is 5.56 Å². The maximum Gasteiger partial charge on any atom is 0.255 e. The number of hydrogen-bond donors (Lipinski definition) is 0. The Morgan fingerprint density at radius 2 is 1.81 bits per heavy atom. The average Bonchev–Trinajstić information content (AvgIpc) is 2.32. The van der Waals surface area contributed by atoms with Crippen molar-refractivity contribution in [3.8, 4) is 5.69 Å². The van der Waals surface area contributed by atoms with E-state index < -0.39 is 0 Å². The molecule has 0 saturated heterocycles. The first-order chi connectivity index (χ1) is 7.70. The Hall–Kier alpha value is -1.06. The third kappa shape index (κ3) is 2.36. The molecule has 2 rings (SSSR count). The van der Waals surface area contributed by atoms with E-state index in [0.717, 1.165) is 11.0 Å². The van der Waals surface area contributed by atoms with Crippen molar-refractivity contribution in [1.82, 2.24) is 4.57 Å². The van der Waals surface area contributed by atoms with E-state index in [2.05, 4.69) is 15.9 Å². The normalized spacial score (nSPS) is 10.4. The highest BCUT2D eigenvalue weighted by molar-refractivity contribution is 9.08. The third-order valence-corrected chi connectivity index (χ3v) is 3.11. The van der Waals surface area contributed by atoms with Gasteiger partial charge in [0.2, 0.25) is 0 Å². The molecule has 0 saturated carbocycles. The van der Waals surface area contributed by atoms with Crippen molar-refractivity contribution in [2.45, 2.75) is 5.33 Å². The quantitative estimate of drug-likeness (QED) is 0.779. The van der Waals surface area contributed by atoms with Gasteiger partial charge in [-0.05, 0) is 23.8 Å². The molecule has 0 amide bonds. The third-order valence-electron chi connectivity index (χ3n) is 2.24. The maximum atomic E-state index is 11.6. The zero-order chi connectivity index (χ0) is 11.5. The van der Waals surface area contributed by atoms with Gasteiger partial charge in [-0.2, -0.15) is 0 Å². The first kappa shape index (κ1) is 11.4. The number of nitrogens with zero attached hydrogens (tertiary/aromatic N) is 1. The summed E-state index contributed by atoms with van der Waals surface area (Å²) < 4.78 is 1.53. The van der Waals surface area contributed by atoms with Crippen LogP contribution in [0.2, 0.25) is 5.02 Å². The number of rotatable bonds is 2. The van der Waals surface area contributed by atoms with Gasteiger partial charge in [-0.1, -0.05) is 39.7 Å². The largest absolute Gasteiger partial charge is 0.283 e. The number of aromatic nitrogens is 1. The summed E-state index contributed by atoms with van der Waals surface area (Å²) in [6, 6.07) is 10.8. The summed E-state index contributed by atoms with van der Waals surface area (Å²) in [5, 5.41) is 1.35. The molecule has 1 aromatic carbocycles. The highest BCUT2D eigenvalue weighted by atomic mass is 79.9. The van der Waals surface area contributed by atoms with E-state index in [1.807, 2.05) is 24.3 Å². The predicted octanol–water partition coefficient (Wildman–Crippen LogP) is 3.39. The van der Waals surface area contributed by atoms with Crippen molar-refractivity contribution in [3.63, 3.8) is 0 Å². The second kappa shape index (κ2) is 4.85. The van der Waals surface area contributed by atoms with Crippen LogP contribution in [0.3, 0.4) is 0 Å². The summed E-state index contributed by atoms with van der Waals surface area (Å²) in [6.45, 7) is 0. The second-order valence-corrected chi connectivity index (χ2v) is 4.35. The van der Waals surface area contributed by atoms with Crippen LogP contribution in [0.5, 0.6) is 0 Å². The molecule has 1 aromatic heterocycles. The Balaban J connectivity index is 2.50. The van der Waals surface area contributed by atoms with Crippen LogP contribution in [-0.2, 0) is 5.33 Å². The van der Waals surface area contributed by atoms with E-state index in [1.165, 1.54) is 16.2 Å². The fourth-order valence-electron chi connectivity index (χ4n) is 1.41. The predicted molar refractivity (Wildman–Crippen MR) is 69.7 cm³/mol. The Bertz CT molecular complexity index is 548. The fraction of sp³-hybridized carbons (Fsp3) is 0.0833. The van der Waals surface area contributed by atoms with Crippen LogP contribution in [0.4, 0.5) is 0 Å². The van der Waals surface area contributed by atoms with Crippen LogP contribution in [0.15, 0.2) is 47.4 Å². The Morgan fingerprint density at radius 1 is 1.12 bits per heavy atom. The van der Waals surface area contributed by atoms with Gasteiger partial charge in [0.15, 0.2) is 0 Å². The van der Waals surface area contributed by atoms with Crippen molar-refractivity contribution in [3.05, 3.63) is 63.5 Å². The van der Waals surface area contributed by atoms with E-state index in [-0.39, 0.29) is 5.56 Å². The first-order valence-electron chi connectivity index (χ1n) is 4.74. The minimum atomic E-state index is -0.0870. The summed E-state index contributed by atoms with van der Waals surface area (Å²) in [7, 11) is 0. The van der Waals surface area contributed by atoms with Crippen molar-refractivity contribution >= 4 is 27.5 Å². The lowest BCUT2D eigenvalue weighted by atomic mass is 10.2. The molecule has 0 N–H and O–H groups in total. The lowest BCUT2D eigenvalue weighted by molar-refractivity contribution is 0.989. The van der Waals surface area contributed by atoms with Crippen molar-refractivity contribution in [2.75, 3.05) is 0 Å². The number of benzene rings is 1. The summed E-state index contributed by atoms with van der Waals surface area (Å²) in [6.07, 6.45) is 1.62. The van der Waals surface area contributed by atoms with Crippen LogP contribution in [0.1, 0.15) is 5.56 Å². The van der Waals surface area contributed by atoms with Gasteiger partial charge in [0.25, 0.3) is 5.56 Å². The Labute approximate surface area is 107 Å². The molecule has 0 aliphatic rings. The molecular weight excluding hydrogens is 289 g/mol. The molecule has 82 valence electrons. The molecule has 2 nitrogen and oxygen atoms in total. The molecule has 2 aromatic rings. The number of alkyl halides is 1. The van der Waals surface area contributed by atoms with Crippen molar-refractivity contribution in [2.24, 2.45) is 0 Å². The Morgan fingerprint density at radius 3 is 2.44 bits per heavy atom. The van der Waals surface area contributed by atoms with E-state index in [1.54, 1.807) is 12.3 Å². The lowest BCUT2D eigenvalue weighted by Crippen LogP contribution is -2.15. The van der Waals surface area contributed by atoms with Gasteiger partial charge in [0.1, 0.15) is 0 Å². The van der Waals surface area contributed by atoms with Gasteiger partial charge in [-0.15, -0.1) is 0 Å². The SMILES string of the molecule is O=c1ccc(Cl)cn1-c1ccc(CBr)cc1. The van der Waals surface area contributed by atoms with E-state index in [0.29, 0.717) is 5.02 Å².